The van der Waals surface area contributed by atoms with Crippen LogP contribution in [0.25, 0.3) is 0 Å². The van der Waals surface area contributed by atoms with E-state index in [4.69, 9.17) is 4.74 Å². The van der Waals surface area contributed by atoms with E-state index in [-0.39, 0.29) is 11.3 Å². The molecule has 1 unspecified atom stereocenters. The van der Waals surface area contributed by atoms with Gasteiger partial charge in [-0.25, -0.2) is 4.39 Å². The van der Waals surface area contributed by atoms with E-state index < -0.39 is 12.3 Å². The first-order valence-electron chi connectivity index (χ1n) is 8.90. The second-order valence-electron chi connectivity index (χ2n) is 7.53. The lowest BCUT2D eigenvalue weighted by Crippen LogP contribution is -2.33. The molecule has 1 fully saturated rings. The molecule has 0 bridgehead atoms. The maximum absolute atomic E-state index is 14.4. The van der Waals surface area contributed by atoms with Crippen LogP contribution in [0.3, 0.4) is 0 Å². The summed E-state index contributed by atoms with van der Waals surface area (Å²) in [4.78, 5) is 0. The molecule has 2 rings (SSSR count). The molecule has 0 radical (unpaired) electrons. The predicted molar refractivity (Wildman–Crippen MR) is 91.9 cm³/mol. The third-order valence-corrected chi connectivity index (χ3v) is 5.28. The second-order valence-corrected chi connectivity index (χ2v) is 7.53. The Morgan fingerprint density at radius 3 is 2.70 bits per heavy atom. The molecule has 0 aliphatic heterocycles. The van der Waals surface area contributed by atoms with Crippen molar-refractivity contribution >= 4 is 0 Å². The summed E-state index contributed by atoms with van der Waals surface area (Å²) in [5, 5.41) is 10.2. The van der Waals surface area contributed by atoms with Crippen molar-refractivity contribution in [2.75, 3.05) is 6.61 Å². The van der Waals surface area contributed by atoms with Crippen LogP contribution >= 0.6 is 0 Å². The lowest BCUT2D eigenvalue weighted by Gasteiger charge is -2.25. The van der Waals surface area contributed by atoms with Crippen molar-refractivity contribution < 1.29 is 14.2 Å². The maximum atomic E-state index is 14.4. The van der Waals surface area contributed by atoms with Crippen LogP contribution in [0.1, 0.15) is 52.0 Å². The van der Waals surface area contributed by atoms with Crippen LogP contribution in [0.15, 0.2) is 30.3 Å². The van der Waals surface area contributed by atoms with Crippen LogP contribution in [0.4, 0.5) is 4.39 Å². The quantitative estimate of drug-likeness (QED) is 0.673. The molecule has 0 aromatic heterocycles. The van der Waals surface area contributed by atoms with E-state index in [0.29, 0.717) is 25.6 Å². The van der Waals surface area contributed by atoms with Gasteiger partial charge in [0.25, 0.3) is 0 Å². The van der Waals surface area contributed by atoms with Crippen LogP contribution in [-0.2, 0) is 11.3 Å². The fourth-order valence-electron chi connectivity index (χ4n) is 3.51. The van der Waals surface area contributed by atoms with Gasteiger partial charge in [-0.2, -0.15) is 0 Å². The molecule has 2 nitrogen and oxygen atoms in total. The van der Waals surface area contributed by atoms with E-state index in [9.17, 15) is 9.50 Å². The summed E-state index contributed by atoms with van der Waals surface area (Å²) in [6, 6.07) is 9.91. The zero-order valence-electron chi connectivity index (χ0n) is 14.7. The first-order valence-corrected chi connectivity index (χ1v) is 8.90. The highest BCUT2D eigenvalue weighted by atomic mass is 19.1. The van der Waals surface area contributed by atoms with Crippen LogP contribution in [0.5, 0.6) is 0 Å². The van der Waals surface area contributed by atoms with Gasteiger partial charge in [-0.1, -0.05) is 63.9 Å². The van der Waals surface area contributed by atoms with E-state index >= 15 is 0 Å². The van der Waals surface area contributed by atoms with Gasteiger partial charge in [0, 0.05) is 5.92 Å². The summed E-state index contributed by atoms with van der Waals surface area (Å²) in [5.74, 6) is 0.447. The van der Waals surface area contributed by atoms with Gasteiger partial charge in [0.15, 0.2) is 0 Å². The van der Waals surface area contributed by atoms with Gasteiger partial charge in [-0.05, 0) is 29.7 Å². The molecule has 3 heteroatoms. The molecule has 0 saturated heterocycles. The van der Waals surface area contributed by atoms with Crippen molar-refractivity contribution in [3.05, 3.63) is 35.9 Å². The maximum Gasteiger partial charge on any atom is 0.127 e. The Bertz CT molecular complexity index is 464. The third kappa shape index (κ3) is 5.29. The summed E-state index contributed by atoms with van der Waals surface area (Å²) in [6.45, 7) is 7.08. The zero-order valence-corrected chi connectivity index (χ0v) is 14.7. The number of alkyl halides is 1. The van der Waals surface area contributed by atoms with Gasteiger partial charge in [0.2, 0.25) is 0 Å². The molecule has 130 valence electrons. The van der Waals surface area contributed by atoms with Gasteiger partial charge in [0.1, 0.15) is 6.17 Å². The summed E-state index contributed by atoms with van der Waals surface area (Å²) in [7, 11) is 0. The fraction of sp³-hybridized carbons (Fsp3) is 0.700. The Morgan fingerprint density at radius 2 is 2.04 bits per heavy atom. The lowest BCUT2D eigenvalue weighted by molar-refractivity contribution is -0.0189. The van der Waals surface area contributed by atoms with Crippen molar-refractivity contribution in [2.24, 2.45) is 17.3 Å². The standard InChI is InChI=1S/C20H31FO2/c1-4-8-17-11-20(17,3)12-18(21)19(22)15(2)13-23-14-16-9-6-5-7-10-16/h5-7,9-10,15,17-19,22H,4,8,11-14H2,1-3H3/t15-,17+,18-,19-,20?/m0/s1. The number of hydrogen-bond acceptors (Lipinski definition) is 2. The minimum absolute atomic E-state index is 0.0982. The fourth-order valence-corrected chi connectivity index (χ4v) is 3.51. The molecule has 1 aliphatic rings. The molecule has 5 atom stereocenters. The molecule has 1 N–H and O–H groups in total. The Kier molecular flexibility index (Phi) is 6.60. The zero-order chi connectivity index (χ0) is 16.9. The van der Waals surface area contributed by atoms with Crippen LogP contribution in [-0.4, -0.2) is 24.0 Å². The molecule has 1 saturated carbocycles. The highest BCUT2D eigenvalue weighted by Gasteiger charge is 2.50. The smallest absolute Gasteiger partial charge is 0.127 e. The topological polar surface area (TPSA) is 29.5 Å². The number of halogens is 1. The van der Waals surface area contributed by atoms with Gasteiger partial charge >= 0.3 is 0 Å². The Hall–Kier alpha value is -0.930. The first kappa shape index (κ1) is 18.4. The summed E-state index contributed by atoms with van der Waals surface area (Å²) < 4.78 is 20.1. The van der Waals surface area contributed by atoms with Crippen LogP contribution in [0, 0.1) is 17.3 Å². The Labute approximate surface area is 140 Å². The summed E-state index contributed by atoms with van der Waals surface area (Å²) in [5.41, 5.74) is 1.19. The molecule has 0 heterocycles. The highest BCUT2D eigenvalue weighted by molar-refractivity contribution is 5.13. The SMILES string of the molecule is CCC[C@@H]1CC1(C)C[C@H](F)[C@@H](O)[C@@H](C)COCc1ccccc1. The third-order valence-electron chi connectivity index (χ3n) is 5.28. The van der Waals surface area contributed by atoms with Gasteiger partial charge < -0.3 is 9.84 Å². The molecular formula is C20H31FO2. The lowest BCUT2D eigenvalue weighted by atomic mass is 9.90. The average Bonchev–Trinajstić information content (AvgIpc) is 3.17. The largest absolute Gasteiger partial charge is 0.390 e. The summed E-state index contributed by atoms with van der Waals surface area (Å²) >= 11 is 0. The molecule has 1 aromatic carbocycles. The second kappa shape index (κ2) is 8.25. The van der Waals surface area contributed by atoms with Gasteiger partial charge in [-0.15, -0.1) is 0 Å². The van der Waals surface area contributed by atoms with E-state index in [1.54, 1.807) is 0 Å². The number of benzene rings is 1. The van der Waals surface area contributed by atoms with E-state index in [2.05, 4.69) is 13.8 Å². The number of ether oxygens (including phenoxy) is 1. The number of aliphatic hydroxyl groups is 1. The van der Waals surface area contributed by atoms with Crippen molar-refractivity contribution in [1.29, 1.82) is 0 Å². The van der Waals surface area contributed by atoms with Crippen molar-refractivity contribution in [2.45, 2.75) is 65.3 Å². The Balaban J connectivity index is 1.70. The summed E-state index contributed by atoms with van der Waals surface area (Å²) in [6.07, 6.45) is 1.82. The monoisotopic (exact) mass is 322 g/mol. The van der Waals surface area contributed by atoms with E-state index in [1.165, 1.54) is 6.42 Å². The molecule has 0 spiro atoms. The van der Waals surface area contributed by atoms with Crippen molar-refractivity contribution in [3.8, 4) is 0 Å². The van der Waals surface area contributed by atoms with Gasteiger partial charge in [0.05, 0.1) is 19.3 Å². The van der Waals surface area contributed by atoms with Gasteiger partial charge in [-0.3, -0.25) is 0 Å². The van der Waals surface area contributed by atoms with Crippen molar-refractivity contribution in [3.63, 3.8) is 0 Å². The number of aliphatic hydroxyl groups excluding tert-OH is 1. The van der Waals surface area contributed by atoms with Crippen LogP contribution in [0.2, 0.25) is 0 Å². The number of rotatable bonds is 10. The normalized spacial score (nSPS) is 27.4. The Morgan fingerprint density at radius 1 is 1.35 bits per heavy atom. The number of hydrogen-bond donors (Lipinski definition) is 1. The minimum atomic E-state index is -1.16. The molecule has 23 heavy (non-hydrogen) atoms. The molecule has 1 aromatic rings. The molecule has 0 amide bonds. The average molecular weight is 322 g/mol. The van der Waals surface area contributed by atoms with Crippen molar-refractivity contribution in [1.82, 2.24) is 0 Å². The van der Waals surface area contributed by atoms with E-state index in [1.807, 2.05) is 37.3 Å². The molecular weight excluding hydrogens is 291 g/mol. The first-order chi connectivity index (χ1) is 11.0. The van der Waals surface area contributed by atoms with Crippen LogP contribution < -0.4 is 0 Å². The van der Waals surface area contributed by atoms with E-state index in [0.717, 1.165) is 18.4 Å². The predicted octanol–water partition coefficient (Wildman–Crippen LogP) is 4.75. The highest BCUT2D eigenvalue weighted by Crippen LogP contribution is 2.58. The molecule has 1 aliphatic carbocycles. The minimum Gasteiger partial charge on any atom is -0.390 e.